The van der Waals surface area contributed by atoms with Crippen LogP contribution in [0.25, 0.3) is 16.5 Å². The third kappa shape index (κ3) is 5.04. The van der Waals surface area contributed by atoms with Crippen LogP contribution in [0.3, 0.4) is 0 Å². The molecule has 190 valence electrons. The standard InChI is InChI=1S/C26H21F3N4O3S/c1-14-12-16(23(35)36)8-10-20(14)30-22(34)13-37-25-32-31-24(26(27,28)29)33(25)21-11-9-17(15-6-7-15)18-4-2-3-5-19(18)21/h2-5,8-12,15H,6-7,13H2,1H3,(H,30,34)(H,35,36). The molecule has 1 fully saturated rings. The van der Waals surface area contributed by atoms with E-state index in [1.54, 1.807) is 25.1 Å². The minimum absolute atomic E-state index is 0.0650. The van der Waals surface area contributed by atoms with Gasteiger partial charge in [0.2, 0.25) is 11.7 Å². The van der Waals surface area contributed by atoms with Crippen LogP contribution in [-0.2, 0) is 11.0 Å². The van der Waals surface area contributed by atoms with E-state index in [1.165, 1.54) is 18.2 Å². The van der Waals surface area contributed by atoms with Gasteiger partial charge >= 0.3 is 12.1 Å². The number of halogens is 3. The fourth-order valence-corrected chi connectivity index (χ4v) is 5.01. The average molecular weight is 527 g/mol. The lowest BCUT2D eigenvalue weighted by atomic mass is 9.99. The molecule has 0 spiro atoms. The van der Waals surface area contributed by atoms with Crippen molar-refractivity contribution in [3.05, 3.63) is 77.1 Å². The number of carboxylic acids is 1. The molecule has 3 aromatic carbocycles. The number of alkyl halides is 3. The molecule has 37 heavy (non-hydrogen) atoms. The first-order chi connectivity index (χ1) is 17.6. The molecule has 1 saturated carbocycles. The van der Waals surface area contributed by atoms with E-state index in [0.717, 1.165) is 40.1 Å². The minimum atomic E-state index is -4.76. The van der Waals surface area contributed by atoms with Crippen LogP contribution < -0.4 is 5.32 Å². The van der Waals surface area contributed by atoms with Crippen LogP contribution in [0.15, 0.2) is 59.8 Å². The van der Waals surface area contributed by atoms with Crippen molar-refractivity contribution >= 4 is 40.1 Å². The van der Waals surface area contributed by atoms with Gasteiger partial charge in [-0.1, -0.05) is 42.1 Å². The van der Waals surface area contributed by atoms with Crippen molar-refractivity contribution in [1.82, 2.24) is 14.8 Å². The lowest BCUT2D eigenvalue weighted by Crippen LogP contribution is -2.17. The quantitative estimate of drug-likeness (QED) is 0.285. The molecule has 7 nitrogen and oxygen atoms in total. The van der Waals surface area contributed by atoms with Gasteiger partial charge in [-0.3, -0.25) is 9.36 Å². The predicted molar refractivity (Wildman–Crippen MR) is 133 cm³/mol. The van der Waals surface area contributed by atoms with Crippen LogP contribution in [-0.4, -0.2) is 37.5 Å². The maximum Gasteiger partial charge on any atom is 0.452 e. The molecule has 0 radical (unpaired) electrons. The first kappa shape index (κ1) is 24.8. The van der Waals surface area contributed by atoms with Crippen molar-refractivity contribution in [2.24, 2.45) is 0 Å². The number of hydrogen-bond acceptors (Lipinski definition) is 5. The average Bonchev–Trinajstić information content (AvgIpc) is 3.60. The molecule has 1 amide bonds. The molecule has 1 aromatic heterocycles. The van der Waals surface area contributed by atoms with Gasteiger partial charge in [-0.05, 0) is 66.5 Å². The van der Waals surface area contributed by atoms with Crippen molar-refractivity contribution in [3.63, 3.8) is 0 Å². The Kier molecular flexibility index (Phi) is 6.40. The Morgan fingerprint density at radius 2 is 1.81 bits per heavy atom. The third-order valence-electron chi connectivity index (χ3n) is 6.16. The van der Waals surface area contributed by atoms with Gasteiger partial charge < -0.3 is 10.4 Å². The van der Waals surface area contributed by atoms with Crippen LogP contribution in [0.2, 0.25) is 0 Å². The summed E-state index contributed by atoms with van der Waals surface area (Å²) in [5, 5.41) is 20.4. The number of rotatable bonds is 7. The fraction of sp³-hybridized carbons (Fsp3) is 0.231. The van der Waals surface area contributed by atoms with E-state index in [9.17, 15) is 22.8 Å². The van der Waals surface area contributed by atoms with E-state index in [2.05, 4.69) is 15.5 Å². The molecule has 0 atom stereocenters. The van der Waals surface area contributed by atoms with E-state index in [-0.39, 0.29) is 16.5 Å². The molecule has 4 aromatic rings. The van der Waals surface area contributed by atoms with Gasteiger partial charge in [-0.2, -0.15) is 13.2 Å². The lowest BCUT2D eigenvalue weighted by molar-refractivity contribution is -0.146. The Hall–Kier alpha value is -3.86. The molecule has 0 bridgehead atoms. The van der Waals surface area contributed by atoms with Gasteiger partial charge in [0.25, 0.3) is 0 Å². The Labute approximate surface area is 213 Å². The van der Waals surface area contributed by atoms with E-state index in [1.807, 2.05) is 18.2 Å². The molecule has 1 aliphatic carbocycles. The summed E-state index contributed by atoms with van der Waals surface area (Å²) in [5.41, 5.74) is 2.44. The largest absolute Gasteiger partial charge is 0.478 e. The van der Waals surface area contributed by atoms with Gasteiger partial charge in [0, 0.05) is 11.1 Å². The highest BCUT2D eigenvalue weighted by atomic mass is 32.2. The van der Waals surface area contributed by atoms with Crippen molar-refractivity contribution in [2.45, 2.75) is 37.0 Å². The summed E-state index contributed by atoms with van der Waals surface area (Å²) >= 11 is 0.835. The minimum Gasteiger partial charge on any atom is -0.478 e. The summed E-state index contributed by atoms with van der Waals surface area (Å²) < 4.78 is 42.8. The predicted octanol–water partition coefficient (Wildman–Crippen LogP) is 6.05. The number of carboxylic acid groups (broad SMARTS) is 1. The maximum atomic E-state index is 13.9. The van der Waals surface area contributed by atoms with Crippen molar-refractivity contribution in [1.29, 1.82) is 0 Å². The highest BCUT2D eigenvalue weighted by molar-refractivity contribution is 7.99. The number of aryl methyl sites for hydroxylation is 1. The highest BCUT2D eigenvalue weighted by Crippen LogP contribution is 2.45. The van der Waals surface area contributed by atoms with Crippen molar-refractivity contribution in [3.8, 4) is 5.69 Å². The number of nitrogens with zero attached hydrogens (tertiary/aromatic N) is 3. The normalized spacial score (nSPS) is 13.6. The topological polar surface area (TPSA) is 97.1 Å². The number of hydrogen-bond donors (Lipinski definition) is 2. The number of aromatic nitrogens is 3. The van der Waals surface area contributed by atoms with E-state index < -0.39 is 23.9 Å². The summed E-state index contributed by atoms with van der Waals surface area (Å²) in [6.45, 7) is 1.65. The van der Waals surface area contributed by atoms with Gasteiger partial charge in [0.1, 0.15) is 0 Å². The van der Waals surface area contributed by atoms with Crippen LogP contribution >= 0.6 is 11.8 Å². The first-order valence-corrected chi connectivity index (χ1v) is 12.4. The Balaban J connectivity index is 1.45. The summed E-state index contributed by atoms with van der Waals surface area (Å²) in [6.07, 6.45) is -2.65. The summed E-state index contributed by atoms with van der Waals surface area (Å²) in [6, 6.07) is 15.1. The zero-order valence-corrected chi connectivity index (χ0v) is 20.4. The van der Waals surface area contributed by atoms with Crippen LogP contribution in [0.4, 0.5) is 18.9 Å². The van der Waals surface area contributed by atoms with E-state index in [0.29, 0.717) is 28.2 Å². The molecule has 1 aliphatic rings. The Bertz CT molecular complexity index is 1530. The molecule has 0 saturated heterocycles. The second kappa shape index (κ2) is 9.55. The molecule has 2 N–H and O–H groups in total. The van der Waals surface area contributed by atoms with Crippen LogP contribution in [0, 0.1) is 6.92 Å². The zero-order valence-electron chi connectivity index (χ0n) is 19.5. The number of anilines is 1. The number of nitrogens with one attached hydrogen (secondary N) is 1. The number of thioether (sulfide) groups is 1. The second-order valence-corrected chi connectivity index (χ2v) is 9.75. The summed E-state index contributed by atoms with van der Waals surface area (Å²) in [4.78, 5) is 23.7. The van der Waals surface area contributed by atoms with Gasteiger partial charge in [0.05, 0.1) is 17.0 Å². The van der Waals surface area contributed by atoms with Crippen LogP contribution in [0.1, 0.15) is 46.1 Å². The monoisotopic (exact) mass is 526 g/mol. The molecular formula is C26H21F3N4O3S. The Morgan fingerprint density at radius 3 is 2.46 bits per heavy atom. The molecule has 0 aliphatic heterocycles. The number of carbonyl (C=O) groups is 2. The fourth-order valence-electron chi connectivity index (χ4n) is 4.27. The Morgan fingerprint density at radius 1 is 1.08 bits per heavy atom. The first-order valence-electron chi connectivity index (χ1n) is 11.4. The van der Waals surface area contributed by atoms with Crippen LogP contribution in [0.5, 0.6) is 0 Å². The number of benzene rings is 3. The molecule has 0 unspecified atom stereocenters. The molecular weight excluding hydrogens is 505 g/mol. The van der Waals surface area contributed by atoms with Crippen molar-refractivity contribution < 1.29 is 27.9 Å². The maximum absolute atomic E-state index is 13.9. The number of carbonyl (C=O) groups excluding carboxylic acids is 1. The number of amides is 1. The number of aromatic carboxylic acids is 1. The van der Waals surface area contributed by atoms with Crippen molar-refractivity contribution in [2.75, 3.05) is 11.1 Å². The number of fused-ring (bicyclic) bond motifs is 1. The van der Waals surface area contributed by atoms with Gasteiger partial charge in [-0.15, -0.1) is 10.2 Å². The van der Waals surface area contributed by atoms with Gasteiger partial charge in [-0.25, -0.2) is 4.79 Å². The third-order valence-corrected chi connectivity index (χ3v) is 7.09. The van der Waals surface area contributed by atoms with E-state index in [4.69, 9.17) is 5.11 Å². The lowest BCUT2D eigenvalue weighted by Gasteiger charge is -2.16. The molecule has 1 heterocycles. The second-order valence-electron chi connectivity index (χ2n) is 8.80. The van der Waals surface area contributed by atoms with Gasteiger partial charge in [0.15, 0.2) is 5.16 Å². The summed E-state index contributed by atoms with van der Waals surface area (Å²) in [7, 11) is 0. The smallest absolute Gasteiger partial charge is 0.452 e. The molecule has 5 rings (SSSR count). The highest BCUT2D eigenvalue weighted by Gasteiger charge is 2.39. The zero-order chi connectivity index (χ0) is 26.3. The SMILES string of the molecule is Cc1cc(C(=O)O)ccc1NC(=O)CSc1nnc(C(F)(F)F)n1-c1ccc(C2CC2)c2ccccc12. The summed E-state index contributed by atoms with van der Waals surface area (Å²) in [5.74, 6) is -2.55. The van der Waals surface area contributed by atoms with E-state index >= 15 is 0 Å². The molecule has 11 heteroatoms.